The molecule has 2 aliphatic heterocycles. The van der Waals surface area contributed by atoms with Gasteiger partial charge in [-0.15, -0.1) is 0 Å². The molecule has 0 unspecified atom stereocenters. The SMILES string of the molecule is CC1(C)[C@@H](O[C@@H]2O[C@H](CO)[C@@H](O)[C@H](O)[C@H]2O[C@@H]2O[C@H](CO)[C@@H](O)[C@H](O)[C@H]2O)CC[C@]2(C)C3=CC=C4[C@@H]5C[C@@](C)(C(=O)O)CC[C@]5(C)CC[C@@]4(C)[C@]3(C)CC[C@@H]12. The van der Waals surface area contributed by atoms with E-state index in [1.807, 2.05) is 6.92 Å². The van der Waals surface area contributed by atoms with E-state index in [4.69, 9.17) is 18.9 Å². The standard InChI is InChI=1S/C42H66O13/c1-37(2)25-10-13-42(7)26(9-8-21-22-18-39(4,36(50)51)15-14-38(22,3)16-17-41(21,42)6)40(25,5)12-11-27(37)54-35-33(31(48)29(46)24(20-44)53-35)55-34-32(49)30(47)28(45)23(19-43)52-34/h8-9,22-25,27-35,43-49H,10-20H2,1-7H3,(H,50,51)/t22-,23+,24+,25-,27-,28+,29+,30-,31-,32+,33+,34-,35-,38+,39-,40-,41+,42+/m0/s1. The average molecular weight is 779 g/mol. The minimum atomic E-state index is -1.75. The molecule has 7 aliphatic rings. The van der Waals surface area contributed by atoms with Crippen molar-refractivity contribution in [1.29, 1.82) is 0 Å². The molecule has 0 amide bonds. The number of fused-ring (bicyclic) bond motifs is 7. The van der Waals surface area contributed by atoms with Crippen LogP contribution in [0.4, 0.5) is 0 Å². The molecule has 5 aliphatic carbocycles. The van der Waals surface area contributed by atoms with Crippen molar-refractivity contribution in [3.8, 4) is 0 Å². The molecule has 7 rings (SSSR count). The number of carboxylic acids is 1. The third-order valence-electron chi connectivity index (χ3n) is 16.9. The topological polar surface area (TPSA) is 216 Å². The Bertz CT molecular complexity index is 1550. The van der Waals surface area contributed by atoms with Crippen LogP contribution in [0.5, 0.6) is 0 Å². The molecule has 2 heterocycles. The van der Waals surface area contributed by atoms with E-state index in [1.165, 1.54) is 11.1 Å². The lowest BCUT2D eigenvalue weighted by Gasteiger charge is -2.68. The molecule has 18 atom stereocenters. The summed E-state index contributed by atoms with van der Waals surface area (Å²) in [7, 11) is 0. The molecule has 0 spiro atoms. The number of aliphatic hydroxyl groups excluding tert-OH is 7. The number of aliphatic carboxylic acids is 1. The summed E-state index contributed by atoms with van der Waals surface area (Å²) in [5.41, 5.74) is 1.42. The first-order valence-corrected chi connectivity index (χ1v) is 20.5. The highest BCUT2D eigenvalue weighted by Gasteiger charge is 2.67. The average Bonchev–Trinajstić information content (AvgIpc) is 3.13. The number of carbonyl (C=O) groups is 1. The Hall–Kier alpha value is -1.49. The van der Waals surface area contributed by atoms with Crippen LogP contribution in [0.1, 0.15) is 106 Å². The van der Waals surface area contributed by atoms with Crippen LogP contribution in [0.25, 0.3) is 0 Å². The van der Waals surface area contributed by atoms with Crippen LogP contribution in [0.15, 0.2) is 23.3 Å². The maximum Gasteiger partial charge on any atom is 0.309 e. The maximum absolute atomic E-state index is 12.5. The molecule has 2 saturated heterocycles. The number of allylic oxidation sites excluding steroid dienone is 4. The van der Waals surface area contributed by atoms with E-state index in [2.05, 4.69) is 53.7 Å². The zero-order valence-electron chi connectivity index (χ0n) is 33.6. The third-order valence-corrected chi connectivity index (χ3v) is 16.9. The summed E-state index contributed by atoms with van der Waals surface area (Å²) in [5.74, 6) is -0.294. The third kappa shape index (κ3) is 6.16. The van der Waals surface area contributed by atoms with Gasteiger partial charge in [-0.2, -0.15) is 0 Å². The van der Waals surface area contributed by atoms with E-state index in [1.54, 1.807) is 0 Å². The molecule has 55 heavy (non-hydrogen) atoms. The fourth-order valence-electron chi connectivity index (χ4n) is 12.9. The summed E-state index contributed by atoms with van der Waals surface area (Å²) >= 11 is 0. The summed E-state index contributed by atoms with van der Waals surface area (Å²) in [4.78, 5) is 12.5. The second-order valence-corrected chi connectivity index (χ2v) is 20.1. The van der Waals surface area contributed by atoms with Crippen molar-refractivity contribution < 1.29 is 64.6 Å². The summed E-state index contributed by atoms with van der Waals surface area (Å²) in [5, 5.41) is 83.6. The monoisotopic (exact) mass is 778 g/mol. The van der Waals surface area contributed by atoms with Gasteiger partial charge in [0.15, 0.2) is 12.6 Å². The molecule has 0 radical (unpaired) electrons. The van der Waals surface area contributed by atoms with Crippen molar-refractivity contribution in [2.45, 2.75) is 174 Å². The lowest BCUT2D eigenvalue weighted by Crippen LogP contribution is -2.66. The van der Waals surface area contributed by atoms with Gasteiger partial charge in [0.1, 0.15) is 48.8 Å². The predicted molar refractivity (Wildman–Crippen MR) is 198 cm³/mol. The van der Waals surface area contributed by atoms with Gasteiger partial charge in [-0.25, -0.2) is 0 Å². The van der Waals surface area contributed by atoms with E-state index < -0.39 is 97.5 Å². The molecular weight excluding hydrogens is 712 g/mol. The van der Waals surface area contributed by atoms with E-state index in [-0.39, 0.29) is 33.5 Å². The smallest absolute Gasteiger partial charge is 0.309 e. The van der Waals surface area contributed by atoms with Gasteiger partial charge in [0.05, 0.1) is 24.7 Å². The van der Waals surface area contributed by atoms with Gasteiger partial charge >= 0.3 is 5.97 Å². The van der Waals surface area contributed by atoms with Crippen molar-refractivity contribution in [2.75, 3.05) is 13.2 Å². The van der Waals surface area contributed by atoms with Crippen LogP contribution < -0.4 is 0 Å². The molecule has 13 heteroatoms. The molecule has 0 aromatic heterocycles. The first-order chi connectivity index (χ1) is 25.6. The van der Waals surface area contributed by atoms with Crippen LogP contribution in [-0.4, -0.2) is 128 Å². The van der Waals surface area contributed by atoms with Crippen molar-refractivity contribution in [2.24, 2.45) is 44.3 Å². The van der Waals surface area contributed by atoms with Gasteiger partial charge in [-0.1, -0.05) is 64.8 Å². The Morgan fingerprint density at radius 1 is 0.709 bits per heavy atom. The largest absolute Gasteiger partial charge is 0.481 e. The van der Waals surface area contributed by atoms with E-state index in [0.29, 0.717) is 19.3 Å². The molecule has 13 nitrogen and oxygen atoms in total. The van der Waals surface area contributed by atoms with Crippen molar-refractivity contribution in [1.82, 2.24) is 0 Å². The van der Waals surface area contributed by atoms with Crippen LogP contribution in [0.2, 0.25) is 0 Å². The second-order valence-electron chi connectivity index (χ2n) is 20.1. The van der Waals surface area contributed by atoms with Gasteiger partial charge in [0, 0.05) is 0 Å². The number of hydrogen-bond donors (Lipinski definition) is 8. The molecule has 6 fully saturated rings. The number of carboxylic acid groups (broad SMARTS) is 1. The summed E-state index contributed by atoms with van der Waals surface area (Å²) < 4.78 is 24.4. The van der Waals surface area contributed by atoms with Crippen molar-refractivity contribution >= 4 is 5.97 Å². The van der Waals surface area contributed by atoms with Crippen molar-refractivity contribution in [3.05, 3.63) is 23.3 Å². The van der Waals surface area contributed by atoms with E-state index >= 15 is 0 Å². The fourth-order valence-corrected chi connectivity index (χ4v) is 12.9. The van der Waals surface area contributed by atoms with Gasteiger partial charge in [0.2, 0.25) is 0 Å². The lowest BCUT2D eigenvalue weighted by atomic mass is 9.36. The first-order valence-electron chi connectivity index (χ1n) is 20.5. The van der Waals surface area contributed by atoms with Crippen molar-refractivity contribution in [3.63, 3.8) is 0 Å². The summed E-state index contributed by atoms with van der Waals surface area (Å²) in [6.07, 6.45) is -2.94. The molecule has 0 aromatic carbocycles. The van der Waals surface area contributed by atoms with Crippen LogP contribution in [0, 0.1) is 44.3 Å². The van der Waals surface area contributed by atoms with Gasteiger partial charge in [-0.3, -0.25) is 4.79 Å². The Balaban J connectivity index is 1.16. The number of ether oxygens (including phenoxy) is 4. The normalized spacial score (nSPS) is 53.5. The molecule has 0 bridgehead atoms. The maximum atomic E-state index is 12.5. The molecule has 0 aromatic rings. The van der Waals surface area contributed by atoms with Crippen LogP contribution in [-0.2, 0) is 23.7 Å². The van der Waals surface area contributed by atoms with Gasteiger partial charge in [0.25, 0.3) is 0 Å². The highest BCUT2D eigenvalue weighted by Crippen LogP contribution is 2.74. The highest BCUT2D eigenvalue weighted by molar-refractivity contribution is 5.74. The van der Waals surface area contributed by atoms with Gasteiger partial charge in [-0.05, 0) is 104 Å². The zero-order chi connectivity index (χ0) is 40.3. The quantitative estimate of drug-likeness (QED) is 0.175. The van der Waals surface area contributed by atoms with E-state index in [0.717, 1.165) is 38.5 Å². The van der Waals surface area contributed by atoms with Crippen LogP contribution >= 0.6 is 0 Å². The Morgan fingerprint density at radius 2 is 1.33 bits per heavy atom. The first kappa shape index (κ1) is 41.7. The number of aliphatic hydroxyl groups is 7. The van der Waals surface area contributed by atoms with Crippen LogP contribution in [0.3, 0.4) is 0 Å². The summed E-state index contributed by atoms with van der Waals surface area (Å²) in [6.45, 7) is 14.7. The Morgan fingerprint density at radius 3 is 1.96 bits per heavy atom. The minimum absolute atomic E-state index is 0.0880. The second kappa shape index (κ2) is 14.1. The number of rotatable bonds is 7. The molecular formula is C42H66O13. The minimum Gasteiger partial charge on any atom is -0.481 e. The summed E-state index contributed by atoms with van der Waals surface area (Å²) in [6, 6.07) is 0. The molecule has 8 N–H and O–H groups in total. The Labute approximate surface area is 324 Å². The predicted octanol–water partition coefficient (Wildman–Crippen LogP) is 2.80. The zero-order valence-corrected chi connectivity index (χ0v) is 33.6. The molecule has 312 valence electrons. The lowest BCUT2D eigenvalue weighted by molar-refractivity contribution is -0.377. The van der Waals surface area contributed by atoms with Gasteiger partial charge < -0.3 is 59.8 Å². The Kier molecular flexibility index (Phi) is 10.7. The fraction of sp³-hybridized carbons (Fsp3) is 0.881. The highest BCUT2D eigenvalue weighted by atomic mass is 16.8. The number of hydrogen-bond acceptors (Lipinski definition) is 12. The molecule has 4 saturated carbocycles. The van der Waals surface area contributed by atoms with E-state index in [9.17, 15) is 45.6 Å².